The van der Waals surface area contributed by atoms with Gasteiger partial charge in [-0.25, -0.2) is 4.39 Å². The molecule has 0 spiro atoms. The highest BCUT2D eigenvalue weighted by Crippen LogP contribution is 2.28. The molecular weight excluding hydrogens is 403 g/mol. The third-order valence-electron chi connectivity index (χ3n) is 4.43. The van der Waals surface area contributed by atoms with Gasteiger partial charge in [-0.2, -0.15) is 5.26 Å². The van der Waals surface area contributed by atoms with Gasteiger partial charge in [-0.15, -0.1) is 11.3 Å². The fraction of sp³-hybridized carbons (Fsp3) is 0.217. The number of amides is 1. The van der Waals surface area contributed by atoms with E-state index in [0.717, 1.165) is 10.4 Å². The Hall–Kier alpha value is -3.37. The Kier molecular flexibility index (Phi) is 7.41. The summed E-state index contributed by atoms with van der Waals surface area (Å²) in [5.74, 6) is 0.575. The lowest BCUT2D eigenvalue weighted by atomic mass is 10.0. The molecule has 3 rings (SSSR count). The summed E-state index contributed by atoms with van der Waals surface area (Å²) in [5.41, 5.74) is 1.31. The van der Waals surface area contributed by atoms with Crippen molar-refractivity contribution in [2.45, 2.75) is 18.9 Å². The number of nitrogens with one attached hydrogen (secondary N) is 1. The molecule has 2 aromatic carbocycles. The van der Waals surface area contributed by atoms with Gasteiger partial charge in [0.15, 0.2) is 11.5 Å². The first-order chi connectivity index (χ1) is 14.6. The van der Waals surface area contributed by atoms with Crippen molar-refractivity contribution in [1.29, 1.82) is 5.26 Å². The Morgan fingerprint density at radius 1 is 1.20 bits per heavy atom. The molecule has 30 heavy (non-hydrogen) atoms. The van der Waals surface area contributed by atoms with Crippen LogP contribution >= 0.6 is 11.3 Å². The van der Waals surface area contributed by atoms with Gasteiger partial charge in [-0.3, -0.25) is 4.79 Å². The van der Waals surface area contributed by atoms with Crippen molar-refractivity contribution in [2.24, 2.45) is 0 Å². The van der Waals surface area contributed by atoms with Crippen LogP contribution in [0.2, 0.25) is 0 Å². The van der Waals surface area contributed by atoms with Crippen LogP contribution in [-0.2, 0) is 4.79 Å². The molecule has 0 radical (unpaired) electrons. The van der Waals surface area contributed by atoms with E-state index in [1.165, 1.54) is 30.6 Å². The Bertz CT molecular complexity index is 1010. The zero-order valence-electron chi connectivity index (χ0n) is 16.4. The fourth-order valence-corrected chi connectivity index (χ4v) is 3.74. The normalized spacial score (nSPS) is 11.4. The van der Waals surface area contributed by atoms with Crippen LogP contribution in [0.4, 0.5) is 4.39 Å². The topological polar surface area (TPSA) is 71.3 Å². The molecule has 0 aliphatic carbocycles. The first-order valence-corrected chi connectivity index (χ1v) is 10.3. The van der Waals surface area contributed by atoms with Gasteiger partial charge in [0.05, 0.1) is 31.4 Å². The van der Waals surface area contributed by atoms with Gasteiger partial charge in [-0.05, 0) is 47.7 Å². The van der Waals surface area contributed by atoms with Crippen LogP contribution in [0, 0.1) is 17.1 Å². The number of hydrogen-bond acceptors (Lipinski definition) is 5. The highest BCUT2D eigenvalue weighted by atomic mass is 32.1. The second kappa shape index (κ2) is 10.4. The van der Waals surface area contributed by atoms with E-state index in [9.17, 15) is 9.18 Å². The van der Waals surface area contributed by atoms with Crippen molar-refractivity contribution in [3.05, 3.63) is 81.8 Å². The third kappa shape index (κ3) is 5.58. The minimum atomic E-state index is -0.322. The summed E-state index contributed by atoms with van der Waals surface area (Å²) in [7, 11) is 1.51. The zero-order chi connectivity index (χ0) is 21.3. The number of hydrogen-bond donors (Lipinski definition) is 1. The van der Waals surface area contributed by atoms with Crippen molar-refractivity contribution >= 4 is 17.2 Å². The molecule has 0 aliphatic rings. The SMILES string of the molecule is COc1cc(C#N)ccc1OCCCC(=O)NC(c1ccc(F)cc1)c1cccs1. The van der Waals surface area contributed by atoms with Crippen molar-refractivity contribution in [3.8, 4) is 17.6 Å². The van der Waals surface area contributed by atoms with Gasteiger partial charge in [0.25, 0.3) is 0 Å². The zero-order valence-corrected chi connectivity index (χ0v) is 17.2. The maximum atomic E-state index is 13.3. The molecule has 0 saturated heterocycles. The first-order valence-electron chi connectivity index (χ1n) is 9.40. The number of halogens is 1. The molecule has 1 heterocycles. The van der Waals surface area contributed by atoms with Crippen molar-refractivity contribution in [1.82, 2.24) is 5.32 Å². The summed E-state index contributed by atoms with van der Waals surface area (Å²) in [6.07, 6.45) is 0.789. The second-order valence-corrected chi connectivity index (χ2v) is 7.48. The van der Waals surface area contributed by atoms with Crippen molar-refractivity contribution in [2.75, 3.05) is 13.7 Å². The van der Waals surface area contributed by atoms with Gasteiger partial charge < -0.3 is 14.8 Å². The van der Waals surface area contributed by atoms with Gasteiger partial charge >= 0.3 is 0 Å². The van der Waals surface area contributed by atoms with E-state index >= 15 is 0 Å². The lowest BCUT2D eigenvalue weighted by Crippen LogP contribution is -2.28. The smallest absolute Gasteiger partial charge is 0.220 e. The van der Waals surface area contributed by atoms with E-state index in [-0.39, 0.29) is 24.2 Å². The molecule has 0 aliphatic heterocycles. The molecule has 0 saturated carbocycles. The number of thiophene rings is 1. The number of methoxy groups -OCH3 is 1. The summed E-state index contributed by atoms with van der Waals surface area (Å²) in [6, 6.07) is 16.7. The average Bonchev–Trinajstić information content (AvgIpc) is 3.30. The lowest BCUT2D eigenvalue weighted by Gasteiger charge is -2.18. The summed E-state index contributed by atoms with van der Waals surface area (Å²) < 4.78 is 24.2. The summed E-state index contributed by atoms with van der Waals surface area (Å²) in [6.45, 7) is 0.329. The van der Waals surface area contributed by atoms with E-state index < -0.39 is 0 Å². The van der Waals surface area contributed by atoms with Crippen LogP contribution in [0.25, 0.3) is 0 Å². The van der Waals surface area contributed by atoms with Gasteiger partial charge in [0, 0.05) is 17.4 Å². The molecule has 1 atom stereocenters. The number of rotatable bonds is 9. The van der Waals surface area contributed by atoms with E-state index in [1.807, 2.05) is 23.6 Å². The predicted octanol–water partition coefficient (Wildman–Crippen LogP) is 4.83. The number of ether oxygens (including phenoxy) is 2. The molecule has 1 unspecified atom stereocenters. The van der Waals surface area contributed by atoms with Crippen LogP contribution in [0.1, 0.15) is 34.9 Å². The van der Waals surface area contributed by atoms with E-state index in [2.05, 4.69) is 5.32 Å². The molecule has 1 amide bonds. The van der Waals surface area contributed by atoms with Crippen molar-refractivity contribution in [3.63, 3.8) is 0 Å². The third-order valence-corrected chi connectivity index (χ3v) is 5.37. The lowest BCUT2D eigenvalue weighted by molar-refractivity contribution is -0.121. The summed E-state index contributed by atoms with van der Waals surface area (Å²) in [5, 5.41) is 13.9. The largest absolute Gasteiger partial charge is 0.493 e. The molecule has 154 valence electrons. The van der Waals surface area contributed by atoms with E-state index in [1.54, 1.807) is 30.3 Å². The van der Waals surface area contributed by atoms with Crippen molar-refractivity contribution < 1.29 is 18.7 Å². The monoisotopic (exact) mass is 424 g/mol. The molecule has 1 aromatic heterocycles. The predicted molar refractivity (Wildman–Crippen MR) is 113 cm³/mol. The van der Waals surface area contributed by atoms with Gasteiger partial charge in [-0.1, -0.05) is 18.2 Å². The second-order valence-electron chi connectivity index (χ2n) is 6.50. The average molecular weight is 424 g/mol. The molecular formula is C23H21FN2O3S. The molecule has 0 bridgehead atoms. The minimum absolute atomic E-state index is 0.117. The Balaban J connectivity index is 1.55. The Morgan fingerprint density at radius 2 is 2.00 bits per heavy atom. The Morgan fingerprint density at radius 3 is 2.67 bits per heavy atom. The van der Waals surface area contributed by atoms with Crippen LogP contribution in [0.5, 0.6) is 11.5 Å². The van der Waals surface area contributed by atoms with Crippen LogP contribution in [0.15, 0.2) is 60.0 Å². The molecule has 5 nitrogen and oxygen atoms in total. The summed E-state index contributed by atoms with van der Waals surface area (Å²) in [4.78, 5) is 13.5. The Labute approximate surface area is 178 Å². The number of benzene rings is 2. The van der Waals surface area contributed by atoms with E-state index in [4.69, 9.17) is 14.7 Å². The summed E-state index contributed by atoms with van der Waals surface area (Å²) >= 11 is 1.53. The van der Waals surface area contributed by atoms with Crippen LogP contribution < -0.4 is 14.8 Å². The fourth-order valence-electron chi connectivity index (χ4n) is 2.93. The highest BCUT2D eigenvalue weighted by Gasteiger charge is 2.18. The standard InChI is InChI=1S/C23H21FN2O3S/c1-28-20-14-16(15-25)6-11-19(20)29-12-2-5-22(27)26-23(21-4-3-13-30-21)17-7-9-18(24)10-8-17/h3-4,6-11,13-14,23H,2,5,12H2,1H3,(H,26,27). The van der Waals surface area contributed by atoms with Crippen LogP contribution in [-0.4, -0.2) is 19.6 Å². The molecule has 0 fully saturated rings. The molecule has 1 N–H and O–H groups in total. The van der Waals surface area contributed by atoms with Gasteiger partial charge in [0.1, 0.15) is 5.82 Å². The molecule has 3 aromatic rings. The maximum Gasteiger partial charge on any atom is 0.220 e. The van der Waals surface area contributed by atoms with Gasteiger partial charge in [0.2, 0.25) is 5.91 Å². The number of carbonyl (C=O) groups excluding carboxylic acids is 1. The number of carbonyl (C=O) groups is 1. The molecule has 7 heteroatoms. The quantitative estimate of drug-likeness (QED) is 0.499. The first kappa shape index (κ1) is 21.3. The number of nitriles is 1. The van der Waals surface area contributed by atoms with Crippen LogP contribution in [0.3, 0.4) is 0 Å². The van der Waals surface area contributed by atoms with E-state index in [0.29, 0.717) is 30.1 Å². The number of nitrogens with zero attached hydrogens (tertiary/aromatic N) is 1. The minimum Gasteiger partial charge on any atom is -0.493 e. The maximum absolute atomic E-state index is 13.3. The highest BCUT2D eigenvalue weighted by molar-refractivity contribution is 7.10.